The van der Waals surface area contributed by atoms with Crippen molar-refractivity contribution in [1.29, 1.82) is 0 Å². The van der Waals surface area contributed by atoms with Gasteiger partial charge in [0.25, 0.3) is 10.0 Å². The van der Waals surface area contributed by atoms with Crippen molar-refractivity contribution in [2.75, 3.05) is 4.72 Å². The van der Waals surface area contributed by atoms with Crippen LogP contribution < -0.4 is 4.72 Å². The Labute approximate surface area is 129 Å². The molecule has 3 aromatic rings. The lowest BCUT2D eigenvalue weighted by Gasteiger charge is -2.04. The van der Waals surface area contributed by atoms with Crippen LogP contribution in [0.1, 0.15) is 11.4 Å². The highest BCUT2D eigenvalue weighted by molar-refractivity contribution is 7.93. The molecule has 0 spiro atoms. The van der Waals surface area contributed by atoms with Gasteiger partial charge in [0.1, 0.15) is 9.92 Å². The minimum Gasteiger partial charge on any atom is -0.255 e. The topological polar surface area (TPSA) is 89.2 Å². The van der Waals surface area contributed by atoms with Gasteiger partial charge in [-0.3, -0.25) is 4.72 Å². The van der Waals surface area contributed by atoms with E-state index in [1.165, 1.54) is 28.2 Å². The van der Waals surface area contributed by atoms with Gasteiger partial charge in [0.2, 0.25) is 0 Å². The van der Waals surface area contributed by atoms with E-state index in [9.17, 15) is 8.42 Å². The number of fused-ring (bicyclic) bond motifs is 1. The Kier molecular flexibility index (Phi) is 3.34. The highest BCUT2D eigenvalue weighted by Crippen LogP contribution is 2.22. The molecule has 0 saturated heterocycles. The summed E-state index contributed by atoms with van der Waals surface area (Å²) in [4.78, 5) is 8.10. The lowest BCUT2D eigenvalue weighted by Crippen LogP contribution is -2.14. The van der Waals surface area contributed by atoms with Crippen LogP contribution in [0.15, 0.2) is 22.7 Å². The van der Waals surface area contributed by atoms with Crippen molar-refractivity contribution in [2.45, 2.75) is 18.7 Å². The van der Waals surface area contributed by atoms with Crippen molar-refractivity contribution < 1.29 is 8.42 Å². The van der Waals surface area contributed by atoms with Crippen LogP contribution >= 0.6 is 22.9 Å². The van der Waals surface area contributed by atoms with Gasteiger partial charge >= 0.3 is 0 Å². The van der Waals surface area contributed by atoms with E-state index in [2.05, 4.69) is 19.8 Å². The number of nitrogens with one attached hydrogen (secondary N) is 1. The summed E-state index contributed by atoms with van der Waals surface area (Å²) in [7, 11) is -3.76. The number of hydrogen-bond acceptors (Lipinski definition) is 6. The standard InChI is InChI=1S/C11H10ClN5O2S2/c1-6-5-20-11(14-6)16-21(18,19)8-3-13-10-9(12)7(2)15-17(10)4-8/h3-5H,1-2H3,(H,14,16). The second-order valence-electron chi connectivity index (χ2n) is 4.36. The Hall–Kier alpha value is -1.71. The maximum atomic E-state index is 12.3. The summed E-state index contributed by atoms with van der Waals surface area (Å²) in [5, 5.41) is 6.59. The molecule has 21 heavy (non-hydrogen) atoms. The molecule has 0 bridgehead atoms. The molecule has 0 radical (unpaired) electrons. The summed E-state index contributed by atoms with van der Waals surface area (Å²) in [6.07, 6.45) is 2.61. The molecule has 0 saturated carbocycles. The van der Waals surface area contributed by atoms with E-state index in [1.807, 2.05) is 0 Å². The zero-order valence-corrected chi connectivity index (χ0v) is 13.4. The summed E-state index contributed by atoms with van der Waals surface area (Å²) in [5.74, 6) is 0. The van der Waals surface area contributed by atoms with Crippen molar-refractivity contribution in [3.63, 3.8) is 0 Å². The maximum absolute atomic E-state index is 12.3. The molecule has 110 valence electrons. The number of nitrogens with zero attached hydrogens (tertiary/aromatic N) is 4. The average Bonchev–Trinajstić information content (AvgIpc) is 2.93. The zero-order chi connectivity index (χ0) is 15.2. The van der Waals surface area contributed by atoms with Crippen LogP contribution in [0.3, 0.4) is 0 Å². The highest BCUT2D eigenvalue weighted by Gasteiger charge is 2.19. The van der Waals surface area contributed by atoms with Crippen LogP contribution in [0.2, 0.25) is 5.02 Å². The summed E-state index contributed by atoms with van der Waals surface area (Å²) >= 11 is 7.24. The Bertz CT molecular complexity index is 931. The molecule has 7 nitrogen and oxygen atoms in total. The number of sulfonamides is 1. The molecule has 0 unspecified atom stereocenters. The van der Waals surface area contributed by atoms with Gasteiger partial charge in [-0.05, 0) is 13.8 Å². The number of rotatable bonds is 3. The third-order valence-corrected chi connectivity index (χ3v) is 5.44. The molecule has 10 heteroatoms. The van der Waals surface area contributed by atoms with Gasteiger partial charge in [0.15, 0.2) is 10.8 Å². The van der Waals surface area contributed by atoms with Crippen LogP contribution in [0.25, 0.3) is 5.65 Å². The second-order valence-corrected chi connectivity index (χ2v) is 7.28. The normalized spacial score (nSPS) is 12.0. The van der Waals surface area contributed by atoms with Crippen molar-refractivity contribution in [3.8, 4) is 0 Å². The summed E-state index contributed by atoms with van der Waals surface area (Å²) < 4.78 is 28.3. The van der Waals surface area contributed by atoms with Crippen LogP contribution in [-0.4, -0.2) is 28.0 Å². The summed E-state index contributed by atoms with van der Waals surface area (Å²) in [6, 6.07) is 0. The van der Waals surface area contributed by atoms with Crippen molar-refractivity contribution in [3.05, 3.63) is 34.2 Å². The van der Waals surface area contributed by atoms with E-state index < -0.39 is 10.0 Å². The molecule has 0 fully saturated rings. The molecule has 0 aromatic carbocycles. The minimum absolute atomic E-state index is 0.0120. The van der Waals surface area contributed by atoms with Gasteiger partial charge in [-0.1, -0.05) is 11.6 Å². The molecule has 0 aliphatic carbocycles. The molecule has 1 N–H and O–H groups in total. The zero-order valence-electron chi connectivity index (χ0n) is 11.0. The molecule has 0 aliphatic heterocycles. The van der Waals surface area contributed by atoms with Gasteiger partial charge in [-0.2, -0.15) is 5.10 Å². The lowest BCUT2D eigenvalue weighted by atomic mass is 10.5. The van der Waals surface area contributed by atoms with Crippen molar-refractivity contribution >= 4 is 43.7 Å². The monoisotopic (exact) mass is 343 g/mol. The van der Waals surface area contributed by atoms with Crippen molar-refractivity contribution in [1.82, 2.24) is 19.6 Å². The van der Waals surface area contributed by atoms with Gasteiger partial charge in [0.05, 0.1) is 23.8 Å². The number of thiazole rings is 1. The predicted octanol–water partition coefficient (Wildman–Crippen LogP) is 2.26. The summed E-state index contributed by atoms with van der Waals surface area (Å²) in [6.45, 7) is 3.51. The Morgan fingerprint density at radius 2 is 2.14 bits per heavy atom. The SMILES string of the molecule is Cc1csc(NS(=O)(=O)c2cnc3c(Cl)c(C)nn3c2)n1. The van der Waals surface area contributed by atoms with Crippen molar-refractivity contribution in [2.24, 2.45) is 0 Å². The largest absolute Gasteiger partial charge is 0.266 e. The van der Waals surface area contributed by atoms with Gasteiger partial charge in [0, 0.05) is 5.38 Å². The minimum atomic E-state index is -3.76. The molecule has 3 rings (SSSR count). The fourth-order valence-electron chi connectivity index (χ4n) is 1.71. The summed E-state index contributed by atoms with van der Waals surface area (Å²) in [5.41, 5.74) is 1.75. The van der Waals surface area contributed by atoms with Crippen LogP contribution in [0.5, 0.6) is 0 Å². The molecule has 3 heterocycles. The first-order chi connectivity index (χ1) is 9.87. The lowest BCUT2D eigenvalue weighted by molar-refractivity contribution is 0.599. The Morgan fingerprint density at radius 3 is 2.81 bits per heavy atom. The molecular formula is C11H10ClN5O2S2. The Morgan fingerprint density at radius 1 is 1.38 bits per heavy atom. The first kappa shape index (κ1) is 14.2. The molecule has 3 aromatic heterocycles. The first-order valence-electron chi connectivity index (χ1n) is 5.82. The van der Waals surface area contributed by atoms with Crippen LogP contribution in [0.4, 0.5) is 5.13 Å². The number of aromatic nitrogens is 4. The number of hydrogen-bond donors (Lipinski definition) is 1. The van der Waals surface area contributed by atoms with Gasteiger partial charge in [-0.15, -0.1) is 11.3 Å². The number of anilines is 1. The average molecular weight is 344 g/mol. The third-order valence-electron chi connectivity index (χ3n) is 2.70. The van der Waals surface area contributed by atoms with Gasteiger partial charge < -0.3 is 0 Å². The predicted molar refractivity (Wildman–Crippen MR) is 80.4 cm³/mol. The smallest absolute Gasteiger partial charge is 0.255 e. The van der Waals surface area contributed by atoms with Crippen LogP contribution in [-0.2, 0) is 10.0 Å². The second kappa shape index (κ2) is 4.93. The Balaban J connectivity index is 2.02. The van der Waals surface area contributed by atoms with Gasteiger partial charge in [-0.25, -0.2) is 22.9 Å². The van der Waals surface area contributed by atoms with E-state index in [0.717, 1.165) is 5.69 Å². The maximum Gasteiger partial charge on any atom is 0.266 e. The number of halogens is 1. The van der Waals surface area contributed by atoms with E-state index >= 15 is 0 Å². The molecule has 0 aliphatic rings. The molecule has 0 amide bonds. The van der Waals surface area contributed by atoms with E-state index in [-0.39, 0.29) is 4.90 Å². The third kappa shape index (κ3) is 2.59. The van der Waals surface area contributed by atoms with Crippen LogP contribution in [0, 0.1) is 13.8 Å². The molecular weight excluding hydrogens is 334 g/mol. The number of aryl methyl sites for hydroxylation is 2. The first-order valence-corrected chi connectivity index (χ1v) is 8.56. The quantitative estimate of drug-likeness (QED) is 0.787. The fourth-order valence-corrected chi connectivity index (χ4v) is 3.76. The van der Waals surface area contributed by atoms with E-state index in [4.69, 9.17) is 11.6 Å². The molecule has 0 atom stereocenters. The highest BCUT2D eigenvalue weighted by atomic mass is 35.5. The van der Waals surface area contributed by atoms with E-state index in [1.54, 1.807) is 19.2 Å². The van der Waals surface area contributed by atoms with E-state index in [0.29, 0.717) is 21.5 Å². The fraction of sp³-hybridized carbons (Fsp3) is 0.182.